The number of hydrogen-bond acceptors (Lipinski definition) is 6. The second-order valence-corrected chi connectivity index (χ2v) is 8.79. The van der Waals surface area contributed by atoms with Crippen molar-refractivity contribution in [2.75, 3.05) is 18.5 Å². The van der Waals surface area contributed by atoms with E-state index in [1.807, 2.05) is 0 Å². The van der Waals surface area contributed by atoms with Crippen LogP contribution in [0.15, 0.2) is 23.4 Å². The van der Waals surface area contributed by atoms with Crippen LogP contribution in [0.4, 0.5) is 11.4 Å². The molecule has 0 aliphatic rings. The van der Waals surface area contributed by atoms with Crippen molar-refractivity contribution in [3.8, 4) is 5.75 Å². The lowest BCUT2D eigenvalue weighted by molar-refractivity contribution is -0.116. The summed E-state index contributed by atoms with van der Waals surface area (Å²) in [6.45, 7) is 6.11. The molecule has 0 spiro atoms. The van der Waals surface area contributed by atoms with Crippen molar-refractivity contribution in [3.63, 3.8) is 0 Å². The van der Waals surface area contributed by atoms with Crippen LogP contribution in [-0.2, 0) is 14.8 Å². The maximum atomic E-state index is 12.0. The standard InChI is InChI=1S/C18H29N3O5S/c1-4-5-12-26-15-9-10-16(17(13-15)21-23)20-18(22)8-6-7-11-19-27(24,25)14(2)3/h9-10,13-14,19H,4-8,11-12H2,1-3H3,(H,20,22). The van der Waals surface area contributed by atoms with Gasteiger partial charge in [-0.1, -0.05) is 13.3 Å². The Bertz CT molecular complexity index is 720. The van der Waals surface area contributed by atoms with E-state index in [2.05, 4.69) is 22.1 Å². The van der Waals surface area contributed by atoms with Crippen molar-refractivity contribution in [3.05, 3.63) is 23.1 Å². The molecule has 152 valence electrons. The van der Waals surface area contributed by atoms with Crippen LogP contribution in [0.3, 0.4) is 0 Å². The monoisotopic (exact) mass is 399 g/mol. The van der Waals surface area contributed by atoms with Gasteiger partial charge < -0.3 is 10.1 Å². The van der Waals surface area contributed by atoms with Gasteiger partial charge in [0.2, 0.25) is 15.9 Å². The highest BCUT2D eigenvalue weighted by Crippen LogP contribution is 2.29. The van der Waals surface area contributed by atoms with Crippen LogP contribution < -0.4 is 14.8 Å². The molecule has 1 rings (SSSR count). The second kappa shape index (κ2) is 11.7. The van der Waals surface area contributed by atoms with E-state index in [0.29, 0.717) is 37.4 Å². The van der Waals surface area contributed by atoms with Gasteiger partial charge in [-0.05, 0) is 50.4 Å². The summed E-state index contributed by atoms with van der Waals surface area (Å²) >= 11 is 0. The molecule has 0 aliphatic heterocycles. The number of nitrogens with zero attached hydrogens (tertiary/aromatic N) is 1. The fourth-order valence-electron chi connectivity index (χ4n) is 2.12. The van der Waals surface area contributed by atoms with Gasteiger partial charge in [0, 0.05) is 19.0 Å². The first-order valence-electron chi connectivity index (χ1n) is 9.18. The van der Waals surface area contributed by atoms with E-state index in [1.54, 1.807) is 26.0 Å². The predicted molar refractivity (Wildman–Crippen MR) is 107 cm³/mol. The first-order chi connectivity index (χ1) is 12.8. The lowest BCUT2D eigenvalue weighted by Crippen LogP contribution is -2.31. The molecular formula is C18H29N3O5S. The lowest BCUT2D eigenvalue weighted by atomic mass is 10.2. The Morgan fingerprint density at radius 2 is 1.96 bits per heavy atom. The van der Waals surface area contributed by atoms with Gasteiger partial charge in [-0.2, -0.15) is 0 Å². The summed E-state index contributed by atoms with van der Waals surface area (Å²) in [4.78, 5) is 23.0. The number of benzene rings is 1. The summed E-state index contributed by atoms with van der Waals surface area (Å²) in [6.07, 6.45) is 3.20. The van der Waals surface area contributed by atoms with Gasteiger partial charge in [0.1, 0.15) is 11.4 Å². The molecule has 0 saturated carbocycles. The van der Waals surface area contributed by atoms with Crippen molar-refractivity contribution in [2.45, 2.75) is 58.1 Å². The molecule has 27 heavy (non-hydrogen) atoms. The highest BCUT2D eigenvalue weighted by atomic mass is 32.2. The van der Waals surface area contributed by atoms with Gasteiger partial charge >= 0.3 is 0 Å². The fourth-order valence-corrected chi connectivity index (χ4v) is 2.88. The number of carbonyl (C=O) groups is 1. The van der Waals surface area contributed by atoms with E-state index in [-0.39, 0.29) is 18.0 Å². The first-order valence-corrected chi connectivity index (χ1v) is 10.7. The van der Waals surface area contributed by atoms with E-state index in [0.717, 1.165) is 12.8 Å². The van der Waals surface area contributed by atoms with Crippen molar-refractivity contribution in [2.24, 2.45) is 5.18 Å². The van der Waals surface area contributed by atoms with Crippen molar-refractivity contribution < 1.29 is 17.9 Å². The molecule has 1 amide bonds. The summed E-state index contributed by atoms with van der Waals surface area (Å²) < 4.78 is 31.2. The van der Waals surface area contributed by atoms with Gasteiger partial charge in [0.25, 0.3) is 0 Å². The summed E-state index contributed by atoms with van der Waals surface area (Å²) in [7, 11) is -3.28. The summed E-state index contributed by atoms with van der Waals surface area (Å²) in [5.74, 6) is 0.278. The second-order valence-electron chi connectivity index (χ2n) is 6.47. The average Bonchev–Trinajstić information content (AvgIpc) is 2.62. The van der Waals surface area contributed by atoms with Crippen LogP contribution in [0, 0.1) is 4.91 Å². The SMILES string of the molecule is CCCCOc1ccc(NC(=O)CCCCNS(=O)(=O)C(C)C)c(N=O)c1. The van der Waals surface area contributed by atoms with Crippen molar-refractivity contribution in [1.82, 2.24) is 4.72 Å². The van der Waals surface area contributed by atoms with Crippen LogP contribution in [0.2, 0.25) is 0 Å². The van der Waals surface area contributed by atoms with Crippen LogP contribution in [0.25, 0.3) is 0 Å². The molecule has 0 saturated heterocycles. The number of nitroso groups, excluding NO2 is 1. The van der Waals surface area contributed by atoms with E-state index < -0.39 is 15.3 Å². The molecule has 0 aromatic heterocycles. The van der Waals surface area contributed by atoms with E-state index in [4.69, 9.17) is 4.74 Å². The molecule has 8 nitrogen and oxygen atoms in total. The normalized spacial score (nSPS) is 11.4. The number of unbranched alkanes of at least 4 members (excludes halogenated alkanes) is 2. The maximum Gasteiger partial charge on any atom is 0.224 e. The topological polar surface area (TPSA) is 114 Å². The first kappa shape index (κ1) is 23.0. The highest BCUT2D eigenvalue weighted by molar-refractivity contribution is 7.90. The molecule has 1 aromatic rings. The Kier molecular flexibility index (Phi) is 9.95. The minimum atomic E-state index is -3.28. The Hall–Kier alpha value is -2.00. The molecule has 9 heteroatoms. The van der Waals surface area contributed by atoms with E-state index >= 15 is 0 Å². The summed E-state index contributed by atoms with van der Waals surface area (Å²) in [5, 5.41) is 5.12. The fraction of sp³-hybridized carbons (Fsp3) is 0.611. The molecule has 0 atom stereocenters. The molecule has 0 fully saturated rings. The van der Waals surface area contributed by atoms with Crippen LogP contribution in [-0.4, -0.2) is 32.7 Å². The zero-order valence-electron chi connectivity index (χ0n) is 16.2. The molecule has 0 heterocycles. The number of ether oxygens (including phenoxy) is 1. The Labute approximate surface area is 161 Å². The third-order valence-electron chi connectivity index (χ3n) is 3.86. The Morgan fingerprint density at radius 3 is 2.59 bits per heavy atom. The number of hydrogen-bond donors (Lipinski definition) is 2. The average molecular weight is 400 g/mol. The zero-order valence-corrected chi connectivity index (χ0v) is 17.0. The number of anilines is 1. The van der Waals surface area contributed by atoms with Gasteiger partial charge in [0.05, 0.1) is 17.5 Å². The van der Waals surface area contributed by atoms with Gasteiger partial charge in [-0.15, -0.1) is 4.91 Å². The molecule has 0 radical (unpaired) electrons. The van der Waals surface area contributed by atoms with Crippen LogP contribution >= 0.6 is 0 Å². The predicted octanol–water partition coefficient (Wildman–Crippen LogP) is 3.70. The molecule has 0 bridgehead atoms. The lowest BCUT2D eigenvalue weighted by Gasteiger charge is -2.10. The third kappa shape index (κ3) is 8.49. The number of nitrogens with one attached hydrogen (secondary N) is 2. The third-order valence-corrected chi connectivity index (χ3v) is 5.71. The molecule has 1 aromatic carbocycles. The number of amides is 1. The number of carbonyl (C=O) groups excluding carboxylic acids is 1. The van der Waals surface area contributed by atoms with Gasteiger partial charge in [-0.3, -0.25) is 4.79 Å². The Morgan fingerprint density at radius 1 is 1.22 bits per heavy atom. The molecular weight excluding hydrogens is 370 g/mol. The minimum Gasteiger partial charge on any atom is -0.494 e. The number of sulfonamides is 1. The zero-order chi connectivity index (χ0) is 20.3. The molecule has 0 unspecified atom stereocenters. The van der Waals surface area contributed by atoms with Crippen LogP contribution in [0.5, 0.6) is 5.75 Å². The van der Waals surface area contributed by atoms with Gasteiger partial charge in [-0.25, -0.2) is 13.1 Å². The van der Waals surface area contributed by atoms with Crippen LogP contribution in [0.1, 0.15) is 52.9 Å². The van der Waals surface area contributed by atoms with Crippen molar-refractivity contribution >= 4 is 27.3 Å². The Balaban J connectivity index is 2.44. The van der Waals surface area contributed by atoms with Crippen molar-refractivity contribution in [1.29, 1.82) is 0 Å². The summed E-state index contributed by atoms with van der Waals surface area (Å²) in [6, 6.07) is 4.77. The van der Waals surface area contributed by atoms with Gasteiger partial charge in [0.15, 0.2) is 0 Å². The highest BCUT2D eigenvalue weighted by Gasteiger charge is 2.14. The molecule has 0 aliphatic carbocycles. The smallest absolute Gasteiger partial charge is 0.224 e. The largest absolute Gasteiger partial charge is 0.494 e. The van der Waals surface area contributed by atoms with E-state index in [1.165, 1.54) is 6.07 Å². The van der Waals surface area contributed by atoms with E-state index in [9.17, 15) is 18.1 Å². The minimum absolute atomic E-state index is 0.113. The number of rotatable bonds is 13. The summed E-state index contributed by atoms with van der Waals surface area (Å²) in [5.41, 5.74) is 0.445. The quantitative estimate of drug-likeness (QED) is 0.388. The maximum absolute atomic E-state index is 12.0. The molecule has 2 N–H and O–H groups in total.